The van der Waals surface area contributed by atoms with E-state index in [9.17, 15) is 9.18 Å². The predicted octanol–water partition coefficient (Wildman–Crippen LogP) is 3.02. The van der Waals surface area contributed by atoms with Crippen molar-refractivity contribution in [2.24, 2.45) is 0 Å². The van der Waals surface area contributed by atoms with E-state index in [-0.39, 0.29) is 30.1 Å². The van der Waals surface area contributed by atoms with E-state index < -0.39 is 0 Å². The lowest BCUT2D eigenvalue weighted by Crippen LogP contribution is -2.31. The van der Waals surface area contributed by atoms with E-state index in [1.165, 1.54) is 6.07 Å². The third-order valence-electron chi connectivity index (χ3n) is 2.50. The van der Waals surface area contributed by atoms with Crippen molar-refractivity contribution in [1.29, 1.82) is 0 Å². The Morgan fingerprint density at radius 1 is 1.29 bits per heavy atom. The fourth-order valence-corrected chi connectivity index (χ4v) is 1.71. The van der Waals surface area contributed by atoms with Crippen LogP contribution in [0.15, 0.2) is 18.2 Å². The summed E-state index contributed by atoms with van der Waals surface area (Å²) in [5.41, 5.74) is 1.41. The van der Waals surface area contributed by atoms with Crippen molar-refractivity contribution in [3.05, 3.63) is 35.1 Å². The third kappa shape index (κ3) is 4.17. The van der Waals surface area contributed by atoms with Crippen molar-refractivity contribution in [1.82, 2.24) is 5.32 Å². The number of amides is 1. The molecule has 0 atom stereocenters. The van der Waals surface area contributed by atoms with E-state index in [1.54, 1.807) is 6.07 Å². The normalized spacial score (nSPS) is 11.0. The minimum absolute atomic E-state index is 0.0725. The molecule has 1 N–H and O–H groups in total. The molecule has 0 spiro atoms. The Balaban J connectivity index is 2.74. The summed E-state index contributed by atoms with van der Waals surface area (Å²) in [6.07, 6.45) is 0.230. The lowest BCUT2D eigenvalue weighted by molar-refractivity contribution is -0.120. The molecule has 0 aromatic heterocycles. The fourth-order valence-electron chi connectivity index (χ4n) is 1.71. The third-order valence-corrected chi connectivity index (χ3v) is 2.50. The first kappa shape index (κ1) is 13.7. The molecule has 94 valence electrons. The summed E-state index contributed by atoms with van der Waals surface area (Å²) in [5.74, 6) is -0.139. The second-order valence-electron chi connectivity index (χ2n) is 4.91. The first-order chi connectivity index (χ1) is 7.90. The molecular formula is C14H20FNO. The van der Waals surface area contributed by atoms with E-state index in [0.29, 0.717) is 11.1 Å². The molecule has 0 bridgehead atoms. The second kappa shape index (κ2) is 5.80. The molecule has 0 saturated heterocycles. The number of hydrogen-bond acceptors (Lipinski definition) is 1. The number of carbonyl (C=O) groups excluding carboxylic acids is 1. The monoisotopic (exact) mass is 237 g/mol. The zero-order chi connectivity index (χ0) is 13.0. The van der Waals surface area contributed by atoms with Crippen molar-refractivity contribution in [3.8, 4) is 0 Å². The predicted molar refractivity (Wildman–Crippen MR) is 67.5 cm³/mol. The van der Waals surface area contributed by atoms with Crippen LogP contribution in [-0.2, 0) is 11.2 Å². The van der Waals surface area contributed by atoms with Gasteiger partial charge in [-0.2, -0.15) is 0 Å². The quantitative estimate of drug-likeness (QED) is 0.857. The zero-order valence-electron chi connectivity index (χ0n) is 10.9. The van der Waals surface area contributed by atoms with Gasteiger partial charge in [0.25, 0.3) is 0 Å². The van der Waals surface area contributed by atoms with Crippen LogP contribution in [0.25, 0.3) is 0 Å². The van der Waals surface area contributed by atoms with Gasteiger partial charge in [-0.15, -0.1) is 0 Å². The van der Waals surface area contributed by atoms with Crippen molar-refractivity contribution in [2.45, 2.75) is 46.1 Å². The molecule has 0 fully saturated rings. The van der Waals surface area contributed by atoms with E-state index in [1.807, 2.05) is 33.8 Å². The van der Waals surface area contributed by atoms with Gasteiger partial charge in [-0.1, -0.05) is 26.0 Å². The summed E-state index contributed by atoms with van der Waals surface area (Å²) in [7, 11) is 0. The molecule has 2 nitrogen and oxygen atoms in total. The van der Waals surface area contributed by atoms with Crippen LogP contribution in [0.4, 0.5) is 4.39 Å². The molecule has 0 saturated carbocycles. The van der Waals surface area contributed by atoms with Crippen LogP contribution in [-0.4, -0.2) is 11.9 Å². The van der Waals surface area contributed by atoms with Gasteiger partial charge in [0.2, 0.25) is 5.91 Å². The average Bonchev–Trinajstić information content (AvgIpc) is 2.15. The summed E-state index contributed by atoms with van der Waals surface area (Å²) in [5, 5.41) is 2.79. The lowest BCUT2D eigenvalue weighted by Gasteiger charge is -2.10. The maximum absolute atomic E-state index is 13.7. The molecular weight excluding hydrogens is 217 g/mol. The summed E-state index contributed by atoms with van der Waals surface area (Å²) < 4.78 is 13.7. The summed E-state index contributed by atoms with van der Waals surface area (Å²) in [4.78, 5) is 11.5. The molecule has 3 heteroatoms. The van der Waals surface area contributed by atoms with Gasteiger partial charge in [0.15, 0.2) is 0 Å². The van der Waals surface area contributed by atoms with E-state index in [4.69, 9.17) is 0 Å². The molecule has 17 heavy (non-hydrogen) atoms. The van der Waals surface area contributed by atoms with Gasteiger partial charge in [0.1, 0.15) is 5.82 Å². The minimum atomic E-state index is -0.227. The van der Waals surface area contributed by atoms with Crippen LogP contribution < -0.4 is 5.32 Å². The highest BCUT2D eigenvalue weighted by Gasteiger charge is 2.10. The molecule has 0 aliphatic carbocycles. The number of carbonyl (C=O) groups is 1. The second-order valence-corrected chi connectivity index (χ2v) is 4.91. The Bertz CT molecular complexity index is 399. The van der Waals surface area contributed by atoms with Gasteiger partial charge in [-0.3, -0.25) is 4.79 Å². The number of halogens is 1. The minimum Gasteiger partial charge on any atom is -0.354 e. The number of nitrogens with one attached hydrogen (secondary N) is 1. The molecule has 0 unspecified atom stereocenters. The van der Waals surface area contributed by atoms with Crippen molar-refractivity contribution in [3.63, 3.8) is 0 Å². The van der Waals surface area contributed by atoms with Gasteiger partial charge >= 0.3 is 0 Å². The maximum atomic E-state index is 13.7. The number of hydrogen-bond donors (Lipinski definition) is 1. The van der Waals surface area contributed by atoms with Gasteiger partial charge in [-0.05, 0) is 37.0 Å². The van der Waals surface area contributed by atoms with Gasteiger partial charge in [0.05, 0.1) is 6.42 Å². The zero-order valence-corrected chi connectivity index (χ0v) is 10.9. The Kier molecular flexibility index (Phi) is 4.67. The molecule has 1 aromatic rings. The van der Waals surface area contributed by atoms with Crippen LogP contribution in [0.5, 0.6) is 0 Å². The molecule has 1 aromatic carbocycles. The highest BCUT2D eigenvalue weighted by atomic mass is 19.1. The number of benzene rings is 1. The van der Waals surface area contributed by atoms with Crippen molar-refractivity contribution >= 4 is 5.91 Å². The van der Waals surface area contributed by atoms with E-state index >= 15 is 0 Å². The Hall–Kier alpha value is -1.38. The highest BCUT2D eigenvalue weighted by Crippen LogP contribution is 2.19. The van der Waals surface area contributed by atoms with Gasteiger partial charge in [0, 0.05) is 6.04 Å². The molecule has 0 aliphatic heterocycles. The maximum Gasteiger partial charge on any atom is 0.224 e. The first-order valence-electron chi connectivity index (χ1n) is 5.97. The van der Waals surface area contributed by atoms with Crippen LogP contribution >= 0.6 is 0 Å². The van der Waals surface area contributed by atoms with Crippen molar-refractivity contribution < 1.29 is 9.18 Å². The largest absolute Gasteiger partial charge is 0.354 e. The SMILES string of the molecule is CC(C)NC(=O)Cc1ccc(C(C)C)c(F)c1. The van der Waals surface area contributed by atoms with Crippen LogP contribution in [0.3, 0.4) is 0 Å². The van der Waals surface area contributed by atoms with E-state index in [0.717, 1.165) is 0 Å². The lowest BCUT2D eigenvalue weighted by atomic mass is 10.00. The highest BCUT2D eigenvalue weighted by molar-refractivity contribution is 5.78. The Labute approximate surface area is 102 Å². The Morgan fingerprint density at radius 2 is 1.94 bits per heavy atom. The topological polar surface area (TPSA) is 29.1 Å². The van der Waals surface area contributed by atoms with Crippen LogP contribution in [0, 0.1) is 5.82 Å². The van der Waals surface area contributed by atoms with E-state index in [2.05, 4.69) is 5.32 Å². The molecule has 0 aliphatic rings. The van der Waals surface area contributed by atoms with Crippen molar-refractivity contribution in [2.75, 3.05) is 0 Å². The summed E-state index contributed by atoms with van der Waals surface area (Å²) in [6, 6.07) is 5.15. The number of rotatable bonds is 4. The summed E-state index contributed by atoms with van der Waals surface area (Å²) >= 11 is 0. The van der Waals surface area contributed by atoms with Crippen LogP contribution in [0.2, 0.25) is 0 Å². The van der Waals surface area contributed by atoms with Gasteiger partial charge < -0.3 is 5.32 Å². The summed E-state index contributed by atoms with van der Waals surface area (Å²) in [6.45, 7) is 7.70. The van der Waals surface area contributed by atoms with Gasteiger partial charge in [-0.25, -0.2) is 4.39 Å². The standard InChI is InChI=1S/C14H20FNO/c1-9(2)12-6-5-11(7-13(12)15)8-14(17)16-10(3)4/h5-7,9-10H,8H2,1-4H3,(H,16,17). The van der Waals surface area contributed by atoms with Crippen LogP contribution in [0.1, 0.15) is 44.7 Å². The molecule has 1 amide bonds. The average molecular weight is 237 g/mol. The molecule has 0 heterocycles. The fraction of sp³-hybridized carbons (Fsp3) is 0.500. The first-order valence-corrected chi connectivity index (χ1v) is 5.97. The Morgan fingerprint density at radius 3 is 2.41 bits per heavy atom. The molecule has 1 rings (SSSR count). The smallest absolute Gasteiger partial charge is 0.224 e. The molecule has 0 radical (unpaired) electrons.